The number of benzene rings is 1. The second-order valence-electron chi connectivity index (χ2n) is 6.72. The van der Waals surface area contributed by atoms with Gasteiger partial charge >= 0.3 is 5.97 Å². The number of carbonyl (C=O) groups is 2. The lowest BCUT2D eigenvalue weighted by Crippen LogP contribution is -2.17. The number of sulfone groups is 1. The monoisotopic (exact) mass is 393 g/mol. The number of rotatable bonds is 5. The first-order valence-electron chi connectivity index (χ1n) is 8.52. The SMILES string of the molecule is Cc1cc(C(=O)COC(=O)c2ccc(F)cc2)c(C)n1[C@@H]1CCS(=O)(=O)C1. The van der Waals surface area contributed by atoms with Crippen molar-refractivity contribution in [3.05, 3.63) is 58.7 Å². The molecule has 1 aromatic heterocycles. The van der Waals surface area contributed by atoms with Crippen LogP contribution in [0.3, 0.4) is 0 Å². The van der Waals surface area contributed by atoms with Crippen LogP contribution in [0.2, 0.25) is 0 Å². The summed E-state index contributed by atoms with van der Waals surface area (Å²) in [6, 6.07) is 6.36. The Kier molecular flexibility index (Phi) is 5.19. The van der Waals surface area contributed by atoms with Crippen LogP contribution in [-0.2, 0) is 14.6 Å². The van der Waals surface area contributed by atoms with Gasteiger partial charge < -0.3 is 9.30 Å². The third-order valence-corrected chi connectivity index (χ3v) is 6.52. The Morgan fingerprint density at radius 3 is 2.48 bits per heavy atom. The zero-order chi connectivity index (χ0) is 19.8. The fourth-order valence-corrected chi connectivity index (χ4v) is 5.18. The van der Waals surface area contributed by atoms with Crippen molar-refractivity contribution in [1.29, 1.82) is 0 Å². The van der Waals surface area contributed by atoms with E-state index < -0.39 is 28.2 Å². The number of Topliss-reactive ketones (excluding diaryl/α,β-unsaturated/α-hetero) is 1. The molecule has 0 amide bonds. The minimum Gasteiger partial charge on any atom is -0.454 e. The van der Waals surface area contributed by atoms with Gasteiger partial charge in [-0.15, -0.1) is 0 Å². The van der Waals surface area contributed by atoms with Crippen molar-refractivity contribution < 1.29 is 27.1 Å². The van der Waals surface area contributed by atoms with Crippen molar-refractivity contribution in [1.82, 2.24) is 4.57 Å². The summed E-state index contributed by atoms with van der Waals surface area (Å²) in [4.78, 5) is 24.5. The Hall–Kier alpha value is -2.48. The van der Waals surface area contributed by atoms with E-state index >= 15 is 0 Å². The standard InChI is InChI=1S/C19H20FNO5S/c1-12-9-17(13(2)21(12)16-7-8-27(24,25)11-16)18(22)10-26-19(23)14-3-5-15(20)6-4-14/h3-6,9,16H,7-8,10-11H2,1-2H3/t16-/m1/s1. The Balaban J connectivity index is 1.71. The molecule has 0 aliphatic carbocycles. The molecule has 0 bridgehead atoms. The molecule has 0 spiro atoms. The molecule has 27 heavy (non-hydrogen) atoms. The topological polar surface area (TPSA) is 82.4 Å². The van der Waals surface area contributed by atoms with Crippen molar-refractivity contribution in [2.24, 2.45) is 0 Å². The molecule has 1 saturated heterocycles. The number of nitrogens with zero attached hydrogens (tertiary/aromatic N) is 1. The summed E-state index contributed by atoms with van der Waals surface area (Å²) in [5.74, 6) is -1.34. The number of halogens is 1. The van der Waals surface area contributed by atoms with E-state index in [-0.39, 0.29) is 28.9 Å². The maximum absolute atomic E-state index is 12.9. The lowest BCUT2D eigenvalue weighted by atomic mass is 10.1. The summed E-state index contributed by atoms with van der Waals surface area (Å²) in [5.41, 5.74) is 2.02. The van der Waals surface area contributed by atoms with Gasteiger partial charge in [-0.05, 0) is 50.6 Å². The first-order chi connectivity index (χ1) is 12.7. The Morgan fingerprint density at radius 2 is 1.89 bits per heavy atom. The number of esters is 1. The molecule has 0 unspecified atom stereocenters. The van der Waals surface area contributed by atoms with Crippen molar-refractivity contribution in [2.75, 3.05) is 18.1 Å². The lowest BCUT2D eigenvalue weighted by Gasteiger charge is -2.16. The normalized spacial score (nSPS) is 18.4. The van der Waals surface area contributed by atoms with Crippen LogP contribution in [0.5, 0.6) is 0 Å². The van der Waals surface area contributed by atoms with E-state index in [2.05, 4.69) is 0 Å². The summed E-state index contributed by atoms with van der Waals surface area (Å²) in [5, 5.41) is 0. The zero-order valence-electron chi connectivity index (χ0n) is 15.1. The number of carbonyl (C=O) groups excluding carboxylic acids is 2. The molecular weight excluding hydrogens is 373 g/mol. The molecule has 144 valence electrons. The molecule has 1 aliphatic rings. The number of aromatic nitrogens is 1. The average Bonchev–Trinajstić information content (AvgIpc) is 3.11. The molecule has 6 nitrogen and oxygen atoms in total. The fourth-order valence-electron chi connectivity index (χ4n) is 3.48. The van der Waals surface area contributed by atoms with Crippen LogP contribution >= 0.6 is 0 Å². The lowest BCUT2D eigenvalue weighted by molar-refractivity contribution is 0.0474. The molecule has 1 atom stereocenters. The Bertz CT molecular complexity index is 992. The highest BCUT2D eigenvalue weighted by molar-refractivity contribution is 7.91. The highest BCUT2D eigenvalue weighted by Gasteiger charge is 2.31. The smallest absolute Gasteiger partial charge is 0.338 e. The van der Waals surface area contributed by atoms with Gasteiger partial charge in [-0.25, -0.2) is 17.6 Å². The molecule has 1 aromatic carbocycles. The van der Waals surface area contributed by atoms with Crippen LogP contribution in [0, 0.1) is 19.7 Å². The van der Waals surface area contributed by atoms with Gasteiger partial charge in [0.15, 0.2) is 16.4 Å². The highest BCUT2D eigenvalue weighted by Crippen LogP contribution is 2.29. The fraction of sp³-hybridized carbons (Fsp3) is 0.368. The summed E-state index contributed by atoms with van der Waals surface area (Å²) in [6.45, 7) is 3.13. The van der Waals surface area contributed by atoms with Crippen molar-refractivity contribution in [3.63, 3.8) is 0 Å². The van der Waals surface area contributed by atoms with Crippen LogP contribution in [0.1, 0.15) is 44.6 Å². The van der Waals surface area contributed by atoms with Gasteiger partial charge in [0.1, 0.15) is 5.82 Å². The van der Waals surface area contributed by atoms with Gasteiger partial charge in [0, 0.05) is 23.0 Å². The summed E-state index contributed by atoms with van der Waals surface area (Å²) in [6.07, 6.45) is 0.520. The molecule has 1 fully saturated rings. The highest BCUT2D eigenvalue weighted by atomic mass is 32.2. The molecule has 0 N–H and O–H groups in total. The second kappa shape index (κ2) is 7.26. The summed E-state index contributed by atoms with van der Waals surface area (Å²) < 4.78 is 43.3. The number of hydrogen-bond acceptors (Lipinski definition) is 5. The average molecular weight is 393 g/mol. The van der Waals surface area contributed by atoms with E-state index in [9.17, 15) is 22.4 Å². The number of ether oxygens (including phenoxy) is 1. The largest absolute Gasteiger partial charge is 0.454 e. The van der Waals surface area contributed by atoms with Gasteiger partial charge in [-0.2, -0.15) is 0 Å². The van der Waals surface area contributed by atoms with Crippen LogP contribution in [0.4, 0.5) is 4.39 Å². The van der Waals surface area contributed by atoms with Gasteiger partial charge in [-0.3, -0.25) is 4.79 Å². The van der Waals surface area contributed by atoms with E-state index in [1.165, 1.54) is 12.1 Å². The number of ketones is 1. The molecule has 0 radical (unpaired) electrons. The van der Waals surface area contributed by atoms with Gasteiger partial charge in [-0.1, -0.05) is 0 Å². The number of aryl methyl sites for hydroxylation is 1. The Morgan fingerprint density at radius 1 is 1.22 bits per heavy atom. The van der Waals surface area contributed by atoms with Gasteiger partial charge in [0.25, 0.3) is 0 Å². The first kappa shape index (κ1) is 19.3. The second-order valence-corrected chi connectivity index (χ2v) is 8.95. The predicted molar refractivity (Wildman–Crippen MR) is 97.2 cm³/mol. The van der Waals surface area contributed by atoms with Crippen LogP contribution in [0.15, 0.2) is 30.3 Å². The van der Waals surface area contributed by atoms with Crippen LogP contribution in [0.25, 0.3) is 0 Å². The maximum atomic E-state index is 12.9. The van der Waals surface area contributed by atoms with E-state index in [1.807, 2.05) is 11.5 Å². The molecule has 2 heterocycles. The minimum atomic E-state index is -3.05. The van der Waals surface area contributed by atoms with E-state index in [1.54, 1.807) is 13.0 Å². The molecule has 8 heteroatoms. The summed E-state index contributed by atoms with van der Waals surface area (Å²) in [7, 11) is -3.05. The quantitative estimate of drug-likeness (QED) is 0.576. The van der Waals surface area contributed by atoms with E-state index in [4.69, 9.17) is 4.74 Å². The summed E-state index contributed by atoms with van der Waals surface area (Å²) >= 11 is 0. The van der Waals surface area contributed by atoms with Gasteiger partial charge in [0.05, 0.1) is 17.1 Å². The molecule has 0 saturated carbocycles. The molecular formula is C19H20FNO5S. The third kappa shape index (κ3) is 4.10. The Labute approximate surface area is 156 Å². The van der Waals surface area contributed by atoms with E-state index in [0.717, 1.165) is 17.8 Å². The van der Waals surface area contributed by atoms with Crippen LogP contribution < -0.4 is 0 Å². The van der Waals surface area contributed by atoms with Gasteiger partial charge in [0.2, 0.25) is 5.78 Å². The zero-order valence-corrected chi connectivity index (χ0v) is 15.9. The molecule has 1 aliphatic heterocycles. The van der Waals surface area contributed by atoms with Crippen molar-refractivity contribution >= 4 is 21.6 Å². The van der Waals surface area contributed by atoms with Crippen molar-refractivity contribution in [3.8, 4) is 0 Å². The minimum absolute atomic E-state index is 0.0660. The van der Waals surface area contributed by atoms with Crippen molar-refractivity contribution in [2.45, 2.75) is 26.3 Å². The van der Waals surface area contributed by atoms with E-state index in [0.29, 0.717) is 17.7 Å². The van der Waals surface area contributed by atoms with Crippen LogP contribution in [-0.4, -0.2) is 42.9 Å². The first-order valence-corrected chi connectivity index (χ1v) is 10.3. The maximum Gasteiger partial charge on any atom is 0.338 e. The molecule has 3 rings (SSSR count). The third-order valence-electron chi connectivity index (χ3n) is 4.77. The number of hydrogen-bond donors (Lipinski definition) is 0. The predicted octanol–water partition coefficient (Wildman–Crippen LogP) is 2.64. The molecule has 2 aromatic rings.